The van der Waals surface area contributed by atoms with Gasteiger partial charge >= 0.3 is 12.1 Å². The molecule has 0 aliphatic carbocycles. The molecule has 0 radical (unpaired) electrons. The topological polar surface area (TPSA) is 71.5 Å². The molecule has 3 rings (SSSR count). The van der Waals surface area contributed by atoms with E-state index >= 15 is 0 Å². The maximum absolute atomic E-state index is 14.6. The standard InChI is InChI=1S/C21H16F4N2O3/c1-12-7-8-26-19(18(12)20(28)29)27-17-6-5-14(10-16(17)22)13-3-2-4-15(9-13)30-11-21(23,24)25/h2-10H,11H2,1H3,(H,26,27)(H,28,29). The highest BCUT2D eigenvalue weighted by atomic mass is 19.4. The average molecular weight is 420 g/mol. The first kappa shape index (κ1) is 21.1. The molecule has 5 nitrogen and oxygen atoms in total. The van der Waals surface area contributed by atoms with Gasteiger partial charge in [0.05, 0.1) is 5.69 Å². The SMILES string of the molecule is Cc1ccnc(Nc2ccc(-c3cccc(OCC(F)(F)F)c3)cc2F)c1C(=O)O. The van der Waals surface area contributed by atoms with Crippen molar-refractivity contribution in [2.24, 2.45) is 0 Å². The predicted molar refractivity (Wildman–Crippen MR) is 103 cm³/mol. The van der Waals surface area contributed by atoms with Crippen molar-refractivity contribution in [3.8, 4) is 16.9 Å². The van der Waals surface area contributed by atoms with Gasteiger partial charge in [-0.15, -0.1) is 0 Å². The molecule has 0 fully saturated rings. The minimum absolute atomic E-state index is 0.00231. The number of benzene rings is 2. The number of ether oxygens (including phenoxy) is 1. The molecule has 1 heterocycles. The first-order valence-corrected chi connectivity index (χ1v) is 8.69. The molecule has 0 saturated carbocycles. The number of aromatic carboxylic acids is 1. The fraction of sp³-hybridized carbons (Fsp3) is 0.143. The number of alkyl halides is 3. The van der Waals surface area contributed by atoms with Crippen LogP contribution < -0.4 is 10.1 Å². The quantitative estimate of drug-likeness (QED) is 0.510. The Morgan fingerprint density at radius 1 is 1.13 bits per heavy atom. The van der Waals surface area contributed by atoms with Crippen LogP contribution in [-0.2, 0) is 0 Å². The number of carbonyl (C=O) groups is 1. The second-order valence-electron chi connectivity index (χ2n) is 6.41. The van der Waals surface area contributed by atoms with Gasteiger partial charge in [-0.3, -0.25) is 0 Å². The van der Waals surface area contributed by atoms with Crippen LogP contribution in [0.15, 0.2) is 54.7 Å². The third-order valence-electron chi connectivity index (χ3n) is 4.17. The van der Waals surface area contributed by atoms with E-state index in [-0.39, 0.29) is 22.8 Å². The summed E-state index contributed by atoms with van der Waals surface area (Å²) in [5.74, 6) is -1.89. The van der Waals surface area contributed by atoms with Crippen LogP contribution in [0.4, 0.5) is 29.1 Å². The lowest BCUT2D eigenvalue weighted by molar-refractivity contribution is -0.153. The van der Waals surface area contributed by atoms with Crippen LogP contribution in [-0.4, -0.2) is 28.8 Å². The summed E-state index contributed by atoms with van der Waals surface area (Å²) in [5, 5.41) is 12.0. The highest BCUT2D eigenvalue weighted by molar-refractivity contribution is 5.95. The third kappa shape index (κ3) is 5.05. The summed E-state index contributed by atoms with van der Waals surface area (Å²) >= 11 is 0. The van der Waals surface area contributed by atoms with Crippen molar-refractivity contribution in [3.63, 3.8) is 0 Å². The van der Waals surface area contributed by atoms with Crippen LogP contribution in [0.25, 0.3) is 11.1 Å². The number of carboxylic acid groups (broad SMARTS) is 1. The van der Waals surface area contributed by atoms with E-state index in [1.165, 1.54) is 42.6 Å². The highest BCUT2D eigenvalue weighted by Gasteiger charge is 2.28. The average Bonchev–Trinajstić information content (AvgIpc) is 2.67. The summed E-state index contributed by atoms with van der Waals surface area (Å²) in [7, 11) is 0. The zero-order valence-electron chi connectivity index (χ0n) is 15.6. The van der Waals surface area contributed by atoms with Crippen LogP contribution in [0, 0.1) is 12.7 Å². The van der Waals surface area contributed by atoms with Gasteiger partial charge in [-0.1, -0.05) is 18.2 Å². The van der Waals surface area contributed by atoms with E-state index in [0.717, 1.165) is 0 Å². The second-order valence-corrected chi connectivity index (χ2v) is 6.41. The Morgan fingerprint density at radius 3 is 2.53 bits per heavy atom. The Balaban J connectivity index is 1.85. The largest absolute Gasteiger partial charge is 0.484 e. The number of pyridine rings is 1. The molecule has 2 aromatic carbocycles. The van der Waals surface area contributed by atoms with E-state index < -0.39 is 24.6 Å². The number of aromatic nitrogens is 1. The molecule has 9 heteroatoms. The number of hydrogen-bond acceptors (Lipinski definition) is 4. The maximum atomic E-state index is 14.6. The highest BCUT2D eigenvalue weighted by Crippen LogP contribution is 2.30. The van der Waals surface area contributed by atoms with Crippen molar-refractivity contribution in [1.82, 2.24) is 4.98 Å². The summed E-state index contributed by atoms with van der Waals surface area (Å²) in [6.45, 7) is 0.173. The normalized spacial score (nSPS) is 11.2. The number of aryl methyl sites for hydroxylation is 1. The van der Waals surface area contributed by atoms with Crippen LogP contribution in [0.1, 0.15) is 15.9 Å². The summed E-state index contributed by atoms with van der Waals surface area (Å²) in [6.07, 6.45) is -3.06. The van der Waals surface area contributed by atoms with Gasteiger partial charge in [0, 0.05) is 6.20 Å². The van der Waals surface area contributed by atoms with Gasteiger partial charge in [-0.05, 0) is 53.9 Å². The Bertz CT molecular complexity index is 1080. The lowest BCUT2D eigenvalue weighted by Gasteiger charge is -2.13. The van der Waals surface area contributed by atoms with E-state index in [9.17, 15) is 27.5 Å². The van der Waals surface area contributed by atoms with Crippen LogP contribution in [0.5, 0.6) is 5.75 Å². The molecule has 0 unspecified atom stereocenters. The molecule has 3 aromatic rings. The number of nitrogens with one attached hydrogen (secondary N) is 1. The Kier molecular flexibility index (Phi) is 5.91. The number of rotatable bonds is 6. The zero-order valence-corrected chi connectivity index (χ0v) is 15.6. The maximum Gasteiger partial charge on any atom is 0.422 e. The number of halogens is 4. The second kappa shape index (κ2) is 8.40. The van der Waals surface area contributed by atoms with Gasteiger partial charge in [0.15, 0.2) is 6.61 Å². The summed E-state index contributed by atoms with van der Waals surface area (Å²) in [6, 6.07) is 11.5. The molecular weight excluding hydrogens is 404 g/mol. The van der Waals surface area contributed by atoms with Crippen molar-refractivity contribution in [1.29, 1.82) is 0 Å². The molecule has 156 valence electrons. The van der Waals surface area contributed by atoms with Crippen LogP contribution >= 0.6 is 0 Å². The van der Waals surface area contributed by atoms with Crippen molar-refractivity contribution in [2.45, 2.75) is 13.1 Å². The fourth-order valence-electron chi connectivity index (χ4n) is 2.78. The van der Waals surface area contributed by atoms with Crippen molar-refractivity contribution in [2.75, 3.05) is 11.9 Å². The van der Waals surface area contributed by atoms with E-state index in [4.69, 9.17) is 4.74 Å². The monoisotopic (exact) mass is 420 g/mol. The van der Waals surface area contributed by atoms with Crippen molar-refractivity contribution >= 4 is 17.5 Å². The number of carboxylic acids is 1. The Labute approximate surface area is 169 Å². The predicted octanol–water partition coefficient (Wildman–Crippen LogP) is 5.58. The molecule has 0 atom stereocenters. The fourth-order valence-corrected chi connectivity index (χ4v) is 2.78. The van der Waals surface area contributed by atoms with Gasteiger partial charge in [0.25, 0.3) is 0 Å². The minimum atomic E-state index is -4.46. The lowest BCUT2D eigenvalue weighted by atomic mass is 10.0. The molecule has 0 aliphatic rings. The summed E-state index contributed by atoms with van der Waals surface area (Å²) < 4.78 is 56.3. The van der Waals surface area contributed by atoms with E-state index in [0.29, 0.717) is 16.7 Å². The first-order valence-electron chi connectivity index (χ1n) is 8.69. The molecule has 0 spiro atoms. The van der Waals surface area contributed by atoms with Gasteiger partial charge in [-0.25, -0.2) is 14.2 Å². The van der Waals surface area contributed by atoms with Crippen molar-refractivity contribution < 1.29 is 32.2 Å². The molecule has 2 N–H and O–H groups in total. The first-order chi connectivity index (χ1) is 14.1. The van der Waals surface area contributed by atoms with Gasteiger partial charge in [0.1, 0.15) is 22.9 Å². The third-order valence-corrected chi connectivity index (χ3v) is 4.17. The molecule has 1 aromatic heterocycles. The van der Waals surface area contributed by atoms with Gasteiger partial charge in [-0.2, -0.15) is 13.2 Å². The van der Waals surface area contributed by atoms with E-state index in [1.807, 2.05) is 0 Å². The molecule has 0 saturated heterocycles. The smallest absolute Gasteiger partial charge is 0.422 e. The minimum Gasteiger partial charge on any atom is -0.484 e. The summed E-state index contributed by atoms with van der Waals surface area (Å²) in [5.41, 5.74) is 1.26. The van der Waals surface area contributed by atoms with Crippen LogP contribution in [0.3, 0.4) is 0 Å². The number of hydrogen-bond donors (Lipinski definition) is 2. The molecule has 0 aliphatic heterocycles. The molecule has 0 amide bonds. The molecular formula is C21H16F4N2O3. The van der Waals surface area contributed by atoms with Gasteiger partial charge < -0.3 is 15.2 Å². The Hall–Kier alpha value is -3.62. The van der Waals surface area contributed by atoms with Gasteiger partial charge in [0.2, 0.25) is 0 Å². The van der Waals surface area contributed by atoms with Crippen molar-refractivity contribution in [3.05, 3.63) is 71.7 Å². The Morgan fingerprint density at radius 2 is 1.87 bits per heavy atom. The van der Waals surface area contributed by atoms with E-state index in [1.54, 1.807) is 19.1 Å². The number of anilines is 2. The zero-order chi connectivity index (χ0) is 21.9. The summed E-state index contributed by atoms with van der Waals surface area (Å²) in [4.78, 5) is 15.4. The lowest BCUT2D eigenvalue weighted by Crippen LogP contribution is -2.19. The molecule has 30 heavy (non-hydrogen) atoms. The van der Waals surface area contributed by atoms with E-state index in [2.05, 4.69) is 10.3 Å². The molecule has 0 bridgehead atoms. The van der Waals surface area contributed by atoms with Crippen LogP contribution in [0.2, 0.25) is 0 Å². The number of nitrogens with zero attached hydrogens (tertiary/aromatic N) is 1.